The lowest BCUT2D eigenvalue weighted by Crippen LogP contribution is -2.04. The molecule has 0 N–H and O–H groups in total. The highest BCUT2D eigenvalue weighted by atomic mass is 19.1. The Morgan fingerprint density at radius 1 is 0.697 bits per heavy atom. The van der Waals surface area contributed by atoms with Crippen molar-refractivity contribution in [2.24, 2.45) is 0 Å². The number of hydrogen-bond donors (Lipinski definition) is 0. The van der Waals surface area contributed by atoms with Gasteiger partial charge in [0, 0.05) is 17.7 Å². The fourth-order valence-electron chi connectivity index (χ4n) is 2.59. The zero-order valence-corrected chi connectivity index (χ0v) is 17.4. The van der Waals surface area contributed by atoms with Crippen LogP contribution in [0.1, 0.15) is 22.3 Å². The highest BCUT2D eigenvalue weighted by Gasteiger charge is 2.06. The van der Waals surface area contributed by atoms with E-state index in [9.17, 15) is 14.0 Å². The summed E-state index contributed by atoms with van der Waals surface area (Å²) in [5.74, 6) is 10.1. The molecule has 160 valence electrons. The molecule has 33 heavy (non-hydrogen) atoms. The number of benzene rings is 3. The average Bonchev–Trinajstić information content (AvgIpc) is 2.83. The Morgan fingerprint density at radius 2 is 1.18 bits per heavy atom. The van der Waals surface area contributed by atoms with E-state index in [2.05, 4.69) is 36.8 Å². The summed E-state index contributed by atoms with van der Waals surface area (Å²) >= 11 is 0. The van der Waals surface area contributed by atoms with Gasteiger partial charge in [0.25, 0.3) is 0 Å². The summed E-state index contributed by atoms with van der Waals surface area (Å²) in [6, 6.07) is 17.8. The van der Waals surface area contributed by atoms with Crippen LogP contribution in [-0.2, 0) is 9.59 Å². The first-order valence-electron chi connectivity index (χ1n) is 9.70. The largest absolute Gasteiger partial charge is 0.422 e. The molecule has 0 aliphatic rings. The topological polar surface area (TPSA) is 52.6 Å². The maximum Gasteiger partial charge on any atom is 0.335 e. The first-order chi connectivity index (χ1) is 16.0. The van der Waals surface area contributed by atoms with E-state index in [-0.39, 0.29) is 17.1 Å². The second kappa shape index (κ2) is 10.9. The van der Waals surface area contributed by atoms with Crippen LogP contribution in [0.15, 0.2) is 92.0 Å². The van der Waals surface area contributed by atoms with E-state index in [0.717, 1.165) is 12.2 Å². The first-order valence-corrected chi connectivity index (χ1v) is 9.70. The molecule has 0 spiro atoms. The minimum atomic E-state index is -0.612. The number of halogens is 1. The molecule has 4 nitrogen and oxygen atoms in total. The third kappa shape index (κ3) is 6.30. The predicted molar refractivity (Wildman–Crippen MR) is 123 cm³/mol. The van der Waals surface area contributed by atoms with Gasteiger partial charge in [-0.3, -0.25) is 0 Å². The van der Waals surface area contributed by atoms with Gasteiger partial charge in [-0.15, -0.1) is 0 Å². The number of ether oxygens (including phenoxy) is 2. The number of rotatable bonds is 4. The van der Waals surface area contributed by atoms with Crippen LogP contribution in [0.5, 0.6) is 11.5 Å². The molecule has 0 aliphatic carbocycles. The number of esters is 2. The van der Waals surface area contributed by atoms with Gasteiger partial charge in [0.2, 0.25) is 0 Å². The lowest BCUT2D eigenvalue weighted by atomic mass is 10.1. The Kier molecular flexibility index (Phi) is 7.57. The predicted octanol–water partition coefficient (Wildman–Crippen LogP) is 4.81. The first kappa shape index (κ1) is 22.8. The number of carbonyl (C=O) groups excluding carboxylic acids is 2. The second-order valence-electron chi connectivity index (χ2n) is 6.44. The van der Waals surface area contributed by atoms with Crippen LogP contribution < -0.4 is 9.47 Å². The lowest BCUT2D eigenvalue weighted by molar-refractivity contribution is -0.129. The van der Waals surface area contributed by atoms with E-state index in [1.165, 1.54) is 12.1 Å². The summed E-state index contributed by atoms with van der Waals surface area (Å²) in [6.45, 7) is 6.72. The minimum Gasteiger partial charge on any atom is -0.422 e. The molecular formula is C28H17FO4. The van der Waals surface area contributed by atoms with Crippen molar-refractivity contribution in [2.75, 3.05) is 0 Å². The van der Waals surface area contributed by atoms with Crippen LogP contribution in [0.4, 0.5) is 4.39 Å². The van der Waals surface area contributed by atoms with Crippen LogP contribution in [0.2, 0.25) is 0 Å². The molecule has 0 fully saturated rings. The van der Waals surface area contributed by atoms with E-state index in [1.54, 1.807) is 54.6 Å². The zero-order chi connectivity index (χ0) is 23.6. The molecular weight excluding hydrogens is 419 g/mol. The Morgan fingerprint density at radius 3 is 1.70 bits per heavy atom. The molecule has 5 heteroatoms. The molecule has 3 aromatic carbocycles. The summed E-state index contributed by atoms with van der Waals surface area (Å²) in [5.41, 5.74) is 1.48. The van der Waals surface area contributed by atoms with Crippen molar-refractivity contribution in [3.05, 3.63) is 120 Å². The van der Waals surface area contributed by atoms with Gasteiger partial charge in [-0.1, -0.05) is 61.1 Å². The quantitative estimate of drug-likeness (QED) is 0.255. The fraction of sp³-hybridized carbons (Fsp3) is 0. The SMILES string of the molecule is C=CC(=O)Oc1ccccc1C#Cc1ccc(C#Cc2ccccc2OC(=O)C=C)c(F)c1. The monoisotopic (exact) mass is 436 g/mol. The Hall–Kier alpha value is -4.87. The van der Waals surface area contributed by atoms with E-state index >= 15 is 0 Å². The fourth-order valence-corrected chi connectivity index (χ4v) is 2.59. The minimum absolute atomic E-state index is 0.158. The van der Waals surface area contributed by atoms with Gasteiger partial charge >= 0.3 is 11.9 Å². The Balaban J connectivity index is 1.84. The number of carbonyl (C=O) groups is 2. The summed E-state index contributed by atoms with van der Waals surface area (Å²) in [7, 11) is 0. The summed E-state index contributed by atoms with van der Waals surface area (Å²) in [6.07, 6.45) is 2.10. The van der Waals surface area contributed by atoms with Gasteiger partial charge in [0.1, 0.15) is 17.3 Å². The van der Waals surface area contributed by atoms with Crippen molar-refractivity contribution in [1.29, 1.82) is 0 Å². The van der Waals surface area contributed by atoms with Crippen molar-refractivity contribution in [1.82, 2.24) is 0 Å². The molecule has 0 saturated carbocycles. The van der Waals surface area contributed by atoms with E-state index in [4.69, 9.17) is 9.47 Å². The van der Waals surface area contributed by atoms with Crippen molar-refractivity contribution in [3.8, 4) is 35.2 Å². The number of para-hydroxylation sites is 2. The third-order valence-corrected chi connectivity index (χ3v) is 4.17. The van der Waals surface area contributed by atoms with Gasteiger partial charge < -0.3 is 9.47 Å². The molecule has 3 aromatic rings. The standard InChI is InChI=1S/C28H17FO4/c1-3-27(30)32-25-11-7-5-9-22(25)16-14-20-13-15-21(24(29)19-20)17-18-23-10-6-8-12-26(23)33-28(31)4-2/h3-13,15,19H,1-2H2. The van der Waals surface area contributed by atoms with Crippen molar-refractivity contribution < 1.29 is 23.5 Å². The zero-order valence-electron chi connectivity index (χ0n) is 17.4. The van der Waals surface area contributed by atoms with Gasteiger partial charge in [-0.25, -0.2) is 14.0 Å². The highest BCUT2D eigenvalue weighted by molar-refractivity contribution is 5.84. The van der Waals surface area contributed by atoms with E-state index in [0.29, 0.717) is 16.7 Å². The molecule has 0 heterocycles. The van der Waals surface area contributed by atoms with Crippen molar-refractivity contribution in [3.63, 3.8) is 0 Å². The molecule has 0 atom stereocenters. The molecule has 0 radical (unpaired) electrons. The average molecular weight is 436 g/mol. The lowest BCUT2D eigenvalue weighted by Gasteiger charge is -2.03. The summed E-state index contributed by atoms with van der Waals surface area (Å²) in [5, 5.41) is 0. The molecule has 0 aliphatic heterocycles. The van der Waals surface area contributed by atoms with Gasteiger partial charge in [0.15, 0.2) is 0 Å². The Labute approximate surface area is 191 Å². The molecule has 0 aromatic heterocycles. The van der Waals surface area contributed by atoms with Gasteiger partial charge in [0.05, 0.1) is 16.7 Å². The molecule has 3 rings (SSSR count). The summed E-state index contributed by atoms with van der Waals surface area (Å²) < 4.78 is 24.9. The van der Waals surface area contributed by atoms with Gasteiger partial charge in [-0.05, 0) is 42.5 Å². The normalized spacial score (nSPS) is 9.36. The second-order valence-corrected chi connectivity index (χ2v) is 6.44. The van der Waals surface area contributed by atoms with E-state index in [1.807, 2.05) is 0 Å². The van der Waals surface area contributed by atoms with Gasteiger partial charge in [-0.2, -0.15) is 0 Å². The maximum absolute atomic E-state index is 14.6. The Bertz CT molecular complexity index is 1360. The maximum atomic E-state index is 14.6. The number of hydrogen-bond acceptors (Lipinski definition) is 4. The molecule has 0 unspecified atom stereocenters. The van der Waals surface area contributed by atoms with Crippen LogP contribution >= 0.6 is 0 Å². The highest BCUT2D eigenvalue weighted by Crippen LogP contribution is 2.19. The van der Waals surface area contributed by atoms with Crippen molar-refractivity contribution in [2.45, 2.75) is 0 Å². The molecule has 0 bridgehead atoms. The van der Waals surface area contributed by atoms with Crippen LogP contribution in [-0.4, -0.2) is 11.9 Å². The van der Waals surface area contributed by atoms with Crippen LogP contribution in [0.25, 0.3) is 0 Å². The molecule has 0 amide bonds. The summed E-state index contributed by atoms with van der Waals surface area (Å²) in [4.78, 5) is 22.9. The smallest absolute Gasteiger partial charge is 0.335 e. The molecule has 0 saturated heterocycles. The van der Waals surface area contributed by atoms with E-state index < -0.39 is 17.8 Å². The third-order valence-electron chi connectivity index (χ3n) is 4.17. The van der Waals surface area contributed by atoms with Crippen LogP contribution in [0.3, 0.4) is 0 Å². The van der Waals surface area contributed by atoms with Crippen molar-refractivity contribution >= 4 is 11.9 Å². The van der Waals surface area contributed by atoms with Crippen LogP contribution in [0, 0.1) is 29.5 Å².